The molecular weight excluding hydrogens is 496 g/mol. The lowest BCUT2D eigenvalue weighted by Gasteiger charge is -2.29. The van der Waals surface area contributed by atoms with Crippen molar-refractivity contribution < 1.29 is 38.7 Å². The second kappa shape index (κ2) is 9.43. The Morgan fingerprint density at radius 3 is 2.42 bits per heavy atom. The molecule has 4 N–H and O–H groups in total. The van der Waals surface area contributed by atoms with Crippen LogP contribution in [0.4, 0.5) is 0 Å². The van der Waals surface area contributed by atoms with Crippen LogP contribution in [0.3, 0.4) is 0 Å². The van der Waals surface area contributed by atoms with Crippen LogP contribution in [0.2, 0.25) is 0 Å². The zero-order valence-electron chi connectivity index (χ0n) is 21.8. The highest BCUT2D eigenvalue weighted by Gasteiger charge is 2.56. The summed E-state index contributed by atoms with van der Waals surface area (Å²) in [7, 11) is 0. The number of ketones is 3. The first-order valence-electron chi connectivity index (χ1n) is 11.9. The lowest BCUT2D eigenvalue weighted by atomic mass is 9.70. The van der Waals surface area contributed by atoms with Crippen LogP contribution in [0.1, 0.15) is 73.7 Å². The molecule has 0 fully saturated rings. The number of carbonyl (C=O) groups is 4. The second-order valence-corrected chi connectivity index (χ2v) is 9.72. The largest absolute Gasteiger partial charge is 0.507 e. The molecule has 1 aromatic heterocycles. The molecule has 200 valence electrons. The molecule has 1 unspecified atom stereocenters. The van der Waals surface area contributed by atoms with E-state index in [1.165, 1.54) is 27.7 Å². The first kappa shape index (κ1) is 26.6. The van der Waals surface area contributed by atoms with Crippen molar-refractivity contribution in [1.82, 2.24) is 20.8 Å². The van der Waals surface area contributed by atoms with Gasteiger partial charge in [-0.2, -0.15) is 4.98 Å². The van der Waals surface area contributed by atoms with E-state index in [2.05, 4.69) is 20.8 Å². The van der Waals surface area contributed by atoms with Crippen LogP contribution in [0.15, 0.2) is 27.6 Å². The number of phenols is 2. The van der Waals surface area contributed by atoms with Crippen LogP contribution >= 0.6 is 0 Å². The molecular formula is C26H28N4O8. The molecule has 12 nitrogen and oxygen atoms in total. The number of nitrogens with one attached hydrogen (secondary N) is 2. The number of hydrogen-bond acceptors (Lipinski definition) is 11. The average Bonchev–Trinajstić information content (AvgIpc) is 3.43. The zero-order chi connectivity index (χ0) is 28.1. The van der Waals surface area contributed by atoms with E-state index >= 15 is 0 Å². The van der Waals surface area contributed by atoms with Crippen molar-refractivity contribution in [3.63, 3.8) is 0 Å². The SMILES string of the molecule is CC(=O)c1c(O)c(C)c(O)c2c1OC1=CC(=O)C(=C(C)NCC(=O)NCc3nc(C(C)C)no3)C(=O)C12C. The summed E-state index contributed by atoms with van der Waals surface area (Å²) >= 11 is 0. The molecule has 1 aliphatic carbocycles. The van der Waals surface area contributed by atoms with E-state index in [-0.39, 0.29) is 64.4 Å². The molecule has 0 radical (unpaired) electrons. The molecule has 2 aliphatic rings. The Labute approximate surface area is 217 Å². The van der Waals surface area contributed by atoms with E-state index in [9.17, 15) is 29.4 Å². The molecule has 2 aromatic rings. The number of carbonyl (C=O) groups excluding carboxylic acids is 4. The highest BCUT2D eigenvalue weighted by molar-refractivity contribution is 6.31. The molecule has 1 aromatic carbocycles. The van der Waals surface area contributed by atoms with Gasteiger partial charge >= 0.3 is 0 Å². The van der Waals surface area contributed by atoms with Gasteiger partial charge in [0.1, 0.15) is 34.0 Å². The summed E-state index contributed by atoms with van der Waals surface area (Å²) in [6.07, 6.45) is 1.11. The zero-order valence-corrected chi connectivity index (χ0v) is 21.8. The normalized spacial score (nSPS) is 19.5. The Kier molecular flexibility index (Phi) is 6.60. The molecule has 12 heteroatoms. The van der Waals surface area contributed by atoms with Gasteiger partial charge in [0.05, 0.1) is 24.2 Å². The average molecular weight is 525 g/mol. The number of hydrogen-bond donors (Lipinski definition) is 4. The predicted octanol–water partition coefficient (Wildman–Crippen LogP) is 1.98. The molecule has 0 saturated carbocycles. The van der Waals surface area contributed by atoms with E-state index in [0.29, 0.717) is 5.82 Å². The van der Waals surface area contributed by atoms with Gasteiger partial charge in [0.25, 0.3) is 0 Å². The molecule has 0 saturated heterocycles. The van der Waals surface area contributed by atoms with Crippen LogP contribution in [0, 0.1) is 6.92 Å². The number of aromatic nitrogens is 2. The van der Waals surface area contributed by atoms with E-state index in [4.69, 9.17) is 9.26 Å². The Bertz CT molecular complexity index is 1470. The van der Waals surface area contributed by atoms with Crippen molar-refractivity contribution in [2.45, 2.75) is 59.4 Å². The number of rotatable bonds is 7. The Morgan fingerprint density at radius 2 is 1.82 bits per heavy atom. The van der Waals surface area contributed by atoms with Gasteiger partial charge in [-0.15, -0.1) is 0 Å². The summed E-state index contributed by atoms with van der Waals surface area (Å²) in [5.74, 6) is -2.62. The molecule has 1 amide bonds. The smallest absolute Gasteiger partial charge is 0.246 e. The summed E-state index contributed by atoms with van der Waals surface area (Å²) in [5.41, 5.74) is -1.92. The number of allylic oxidation sites excluding steroid dienone is 4. The number of benzene rings is 1. The molecule has 4 rings (SSSR count). The molecule has 1 aliphatic heterocycles. The van der Waals surface area contributed by atoms with Gasteiger partial charge in [-0.25, -0.2) is 0 Å². The highest BCUT2D eigenvalue weighted by atomic mass is 16.5. The Hall–Kier alpha value is -4.48. The highest BCUT2D eigenvalue weighted by Crippen LogP contribution is 2.57. The minimum Gasteiger partial charge on any atom is -0.507 e. The van der Waals surface area contributed by atoms with Crippen molar-refractivity contribution >= 4 is 23.3 Å². The van der Waals surface area contributed by atoms with E-state index in [1.807, 2.05) is 13.8 Å². The van der Waals surface area contributed by atoms with Crippen molar-refractivity contribution in [2.24, 2.45) is 0 Å². The van der Waals surface area contributed by atoms with Gasteiger partial charge < -0.3 is 30.1 Å². The number of nitrogens with zero attached hydrogens (tertiary/aromatic N) is 2. The predicted molar refractivity (Wildman–Crippen MR) is 132 cm³/mol. The third-order valence-electron chi connectivity index (χ3n) is 6.71. The first-order chi connectivity index (χ1) is 17.8. The monoisotopic (exact) mass is 524 g/mol. The van der Waals surface area contributed by atoms with Crippen LogP contribution in [-0.4, -0.2) is 50.2 Å². The maximum Gasteiger partial charge on any atom is 0.246 e. The van der Waals surface area contributed by atoms with E-state index in [0.717, 1.165) is 6.08 Å². The van der Waals surface area contributed by atoms with Crippen LogP contribution in [0.5, 0.6) is 17.2 Å². The fourth-order valence-corrected chi connectivity index (χ4v) is 4.47. The number of fused-ring (bicyclic) bond motifs is 3. The second-order valence-electron chi connectivity index (χ2n) is 9.72. The summed E-state index contributed by atoms with van der Waals surface area (Å²) in [6.45, 7) is 9.14. The number of aromatic hydroxyl groups is 2. The van der Waals surface area contributed by atoms with Crippen molar-refractivity contribution in [1.29, 1.82) is 0 Å². The maximum absolute atomic E-state index is 13.8. The molecule has 2 heterocycles. The van der Waals surface area contributed by atoms with Gasteiger partial charge in [-0.1, -0.05) is 19.0 Å². The minimum atomic E-state index is -1.64. The lowest BCUT2D eigenvalue weighted by molar-refractivity contribution is -0.124. The van der Waals surface area contributed by atoms with Crippen LogP contribution in [-0.2, 0) is 26.3 Å². The van der Waals surface area contributed by atoms with Crippen LogP contribution < -0.4 is 15.4 Å². The number of phenolic OH excluding ortho intramolecular Hbond substituents is 2. The number of ether oxygens (including phenoxy) is 1. The standard InChI is InChI=1S/C26H28N4O8/c1-10(2)25-29-17(38-30-25)9-28-16(33)8-27-12(4)18-14(32)7-15-26(6,24(18)36)20-22(35)11(3)21(34)19(13(5)31)23(20)37-15/h7,10,27,34-35H,8-9H2,1-6H3,(H,28,33). The number of amides is 1. The molecule has 0 spiro atoms. The quantitative estimate of drug-likeness (QED) is 0.236. The fourth-order valence-electron chi connectivity index (χ4n) is 4.47. The van der Waals surface area contributed by atoms with Crippen molar-refractivity contribution in [2.75, 3.05) is 6.54 Å². The number of Topliss-reactive ketones (excluding diaryl/α,β-unsaturated/α-hetero) is 2. The Balaban J connectivity index is 1.59. The topological polar surface area (TPSA) is 181 Å². The van der Waals surface area contributed by atoms with Crippen molar-refractivity contribution in [3.8, 4) is 17.2 Å². The third-order valence-corrected chi connectivity index (χ3v) is 6.71. The first-order valence-corrected chi connectivity index (χ1v) is 11.9. The minimum absolute atomic E-state index is 0.00327. The summed E-state index contributed by atoms with van der Waals surface area (Å²) in [4.78, 5) is 55.5. The maximum atomic E-state index is 13.8. The summed E-state index contributed by atoms with van der Waals surface area (Å²) in [6, 6.07) is 0. The molecule has 0 bridgehead atoms. The van der Waals surface area contributed by atoms with Gasteiger partial charge in [0.15, 0.2) is 23.2 Å². The third kappa shape index (κ3) is 4.11. The van der Waals surface area contributed by atoms with Crippen molar-refractivity contribution in [3.05, 3.63) is 51.5 Å². The van der Waals surface area contributed by atoms with Gasteiger partial charge in [-0.05, 0) is 27.7 Å². The molecule has 38 heavy (non-hydrogen) atoms. The summed E-state index contributed by atoms with van der Waals surface area (Å²) < 4.78 is 10.8. The Morgan fingerprint density at radius 1 is 1.13 bits per heavy atom. The van der Waals surface area contributed by atoms with Crippen LogP contribution in [0.25, 0.3) is 0 Å². The molecule has 1 atom stereocenters. The fraction of sp³-hybridized carbons (Fsp3) is 0.385. The lowest BCUT2D eigenvalue weighted by Crippen LogP contribution is -2.42. The van der Waals surface area contributed by atoms with Gasteiger partial charge in [-0.3, -0.25) is 19.2 Å². The van der Waals surface area contributed by atoms with Gasteiger partial charge in [0.2, 0.25) is 11.8 Å². The van der Waals surface area contributed by atoms with Gasteiger partial charge in [0, 0.05) is 23.3 Å². The van der Waals surface area contributed by atoms with E-state index < -0.39 is 40.2 Å². The van der Waals surface area contributed by atoms with E-state index in [1.54, 1.807) is 0 Å². The summed E-state index contributed by atoms with van der Waals surface area (Å²) in [5, 5.41) is 30.5.